The highest BCUT2D eigenvalue weighted by atomic mass is 35.5. The van der Waals surface area contributed by atoms with E-state index < -0.39 is 16.3 Å². The van der Waals surface area contributed by atoms with Crippen LogP contribution in [0.15, 0.2) is 41.5 Å². The van der Waals surface area contributed by atoms with Crippen LogP contribution in [0.2, 0.25) is 5.02 Å². The molecule has 1 aliphatic rings. The van der Waals surface area contributed by atoms with Crippen LogP contribution in [-0.2, 0) is 4.79 Å². The van der Waals surface area contributed by atoms with E-state index in [1.807, 2.05) is 4.90 Å². The average molecular weight is 446 g/mol. The zero-order chi connectivity index (χ0) is 22.1. The molecule has 2 heterocycles. The number of nitrogens with one attached hydrogen (secondary N) is 2. The Bertz CT molecular complexity index is 1240. The largest absolute Gasteiger partial charge is 0.366 e. The molecule has 0 bridgehead atoms. The number of H-pyrrole nitrogens is 1. The first kappa shape index (κ1) is 20.7. The molecule has 0 saturated carbocycles. The van der Waals surface area contributed by atoms with Crippen molar-refractivity contribution in [2.45, 2.75) is 12.8 Å². The maximum absolute atomic E-state index is 13.3. The highest BCUT2D eigenvalue weighted by molar-refractivity contribution is 6.31. The van der Waals surface area contributed by atoms with Crippen LogP contribution in [0.3, 0.4) is 0 Å². The van der Waals surface area contributed by atoms with E-state index in [1.165, 1.54) is 36.7 Å². The van der Waals surface area contributed by atoms with Gasteiger partial charge < -0.3 is 15.2 Å². The summed E-state index contributed by atoms with van der Waals surface area (Å²) in [7, 11) is 0. The molecule has 0 unspecified atom stereocenters. The van der Waals surface area contributed by atoms with E-state index in [9.17, 15) is 24.1 Å². The van der Waals surface area contributed by atoms with Crippen molar-refractivity contribution in [1.82, 2.24) is 9.97 Å². The Kier molecular flexibility index (Phi) is 5.55. The van der Waals surface area contributed by atoms with Crippen molar-refractivity contribution < 1.29 is 14.1 Å². The SMILES string of the molecule is O=C(Nc1ccc(F)c(Cl)c1)C1CCN(c2cc3nc[nH]c(=O)c3cc2[N+](=O)[O-])CC1. The molecule has 11 heteroatoms. The van der Waals surface area contributed by atoms with E-state index in [2.05, 4.69) is 15.3 Å². The number of nitrogens with zero attached hydrogens (tertiary/aromatic N) is 3. The van der Waals surface area contributed by atoms with Gasteiger partial charge in [0.25, 0.3) is 11.2 Å². The lowest BCUT2D eigenvalue weighted by atomic mass is 9.95. The van der Waals surface area contributed by atoms with Crippen LogP contribution in [0, 0.1) is 21.8 Å². The maximum Gasteiger partial charge on any atom is 0.293 e. The van der Waals surface area contributed by atoms with Gasteiger partial charge in [0.1, 0.15) is 11.5 Å². The molecule has 1 amide bonds. The number of carbonyl (C=O) groups is 1. The third-order valence-corrected chi connectivity index (χ3v) is 5.62. The maximum atomic E-state index is 13.3. The molecule has 2 aromatic carbocycles. The second-order valence-electron chi connectivity index (χ2n) is 7.23. The van der Waals surface area contributed by atoms with Crippen LogP contribution in [0.1, 0.15) is 12.8 Å². The molecule has 160 valence electrons. The standard InChI is InChI=1S/C20H17ClFN5O4/c21-14-7-12(1-2-15(14)22)25-19(28)11-3-5-26(6-4-11)17-9-16-13(8-18(17)27(30)31)20(29)24-10-23-16/h1-2,7-11H,3-6H2,(H,25,28)(H,23,24,29). The van der Waals surface area contributed by atoms with E-state index >= 15 is 0 Å². The minimum absolute atomic E-state index is 0.0799. The summed E-state index contributed by atoms with van der Waals surface area (Å²) in [5.74, 6) is -1.09. The van der Waals surface area contributed by atoms with Crippen LogP contribution in [0.4, 0.5) is 21.5 Å². The quantitative estimate of drug-likeness (QED) is 0.468. The molecule has 2 N–H and O–H groups in total. The summed E-state index contributed by atoms with van der Waals surface area (Å²) in [6.45, 7) is 0.829. The lowest BCUT2D eigenvalue weighted by Gasteiger charge is -2.32. The molecule has 0 spiro atoms. The minimum Gasteiger partial charge on any atom is -0.366 e. The number of hydrogen-bond donors (Lipinski definition) is 2. The predicted octanol–water partition coefficient (Wildman–Crippen LogP) is 3.48. The van der Waals surface area contributed by atoms with Gasteiger partial charge in [-0.25, -0.2) is 9.37 Å². The van der Waals surface area contributed by atoms with Crippen LogP contribution in [0.25, 0.3) is 10.9 Å². The zero-order valence-corrected chi connectivity index (χ0v) is 16.9. The first-order valence-corrected chi connectivity index (χ1v) is 9.88. The van der Waals surface area contributed by atoms with Crippen molar-refractivity contribution >= 4 is 45.5 Å². The fourth-order valence-electron chi connectivity index (χ4n) is 3.69. The number of fused-ring (bicyclic) bond motifs is 1. The number of rotatable bonds is 4. The van der Waals surface area contributed by atoms with Crippen LogP contribution < -0.4 is 15.8 Å². The molecule has 31 heavy (non-hydrogen) atoms. The van der Waals surface area contributed by atoms with E-state index in [0.29, 0.717) is 42.8 Å². The molecule has 1 saturated heterocycles. The van der Waals surface area contributed by atoms with E-state index in [0.717, 1.165) is 0 Å². The zero-order valence-electron chi connectivity index (χ0n) is 16.1. The van der Waals surface area contributed by atoms with Gasteiger partial charge in [-0.1, -0.05) is 11.6 Å². The Morgan fingerprint density at radius 2 is 2.03 bits per heavy atom. The molecular formula is C20H17ClFN5O4. The van der Waals surface area contributed by atoms with Gasteiger partial charge in [-0.2, -0.15) is 0 Å². The molecule has 0 radical (unpaired) electrons. The first-order valence-electron chi connectivity index (χ1n) is 9.50. The molecule has 1 fully saturated rings. The predicted molar refractivity (Wildman–Crippen MR) is 114 cm³/mol. The lowest BCUT2D eigenvalue weighted by molar-refractivity contribution is -0.384. The van der Waals surface area contributed by atoms with Crippen molar-refractivity contribution in [2.24, 2.45) is 5.92 Å². The first-order chi connectivity index (χ1) is 14.8. The van der Waals surface area contributed by atoms with Gasteiger partial charge in [0.15, 0.2) is 0 Å². The molecule has 1 aromatic heterocycles. The van der Waals surface area contributed by atoms with Gasteiger partial charge in [0, 0.05) is 30.8 Å². The number of nitro groups is 1. The normalized spacial score (nSPS) is 14.6. The van der Waals surface area contributed by atoms with Gasteiger partial charge >= 0.3 is 0 Å². The lowest BCUT2D eigenvalue weighted by Crippen LogP contribution is -2.38. The molecular weight excluding hydrogens is 429 g/mol. The number of piperidine rings is 1. The molecule has 4 rings (SSSR count). The number of amides is 1. The number of aromatic amines is 1. The Morgan fingerprint density at radius 3 is 2.71 bits per heavy atom. The Hall–Kier alpha value is -3.53. The van der Waals surface area contributed by atoms with Crippen molar-refractivity contribution in [2.75, 3.05) is 23.3 Å². The van der Waals surface area contributed by atoms with E-state index in [-0.39, 0.29) is 27.9 Å². The molecule has 9 nitrogen and oxygen atoms in total. The fraction of sp³-hybridized carbons (Fsp3) is 0.250. The van der Waals surface area contributed by atoms with Crippen molar-refractivity contribution in [3.8, 4) is 0 Å². The summed E-state index contributed by atoms with van der Waals surface area (Å²) in [4.78, 5) is 43.9. The van der Waals surface area contributed by atoms with Gasteiger partial charge in [-0.05, 0) is 37.1 Å². The Morgan fingerprint density at radius 1 is 1.29 bits per heavy atom. The Balaban J connectivity index is 1.50. The number of hydrogen-bond acceptors (Lipinski definition) is 6. The highest BCUT2D eigenvalue weighted by Gasteiger charge is 2.29. The second-order valence-corrected chi connectivity index (χ2v) is 7.63. The van der Waals surface area contributed by atoms with E-state index in [1.54, 1.807) is 0 Å². The van der Waals surface area contributed by atoms with Crippen LogP contribution in [0.5, 0.6) is 0 Å². The smallest absolute Gasteiger partial charge is 0.293 e. The topological polar surface area (TPSA) is 121 Å². The number of anilines is 2. The number of nitro benzene ring substituents is 1. The Labute approximate surface area is 180 Å². The third-order valence-electron chi connectivity index (χ3n) is 5.33. The van der Waals surface area contributed by atoms with Gasteiger partial charge in [-0.15, -0.1) is 0 Å². The summed E-state index contributed by atoms with van der Waals surface area (Å²) in [5.41, 5.74) is 0.489. The third kappa shape index (κ3) is 4.19. The fourth-order valence-corrected chi connectivity index (χ4v) is 3.87. The molecule has 1 aliphatic heterocycles. The summed E-state index contributed by atoms with van der Waals surface area (Å²) in [6.07, 6.45) is 2.19. The minimum atomic E-state index is -0.568. The number of halogens is 2. The summed E-state index contributed by atoms with van der Waals surface area (Å²) in [5, 5.41) is 14.4. The second kappa shape index (κ2) is 8.31. The van der Waals surface area contributed by atoms with Crippen LogP contribution >= 0.6 is 11.6 Å². The molecule has 3 aromatic rings. The van der Waals surface area contributed by atoms with Gasteiger partial charge in [0.2, 0.25) is 5.91 Å². The number of carbonyl (C=O) groups excluding carboxylic acids is 1. The summed E-state index contributed by atoms with van der Waals surface area (Å²) in [6, 6.07) is 6.72. The van der Waals surface area contributed by atoms with Gasteiger partial charge in [-0.3, -0.25) is 19.7 Å². The number of aromatic nitrogens is 2. The number of benzene rings is 2. The van der Waals surface area contributed by atoms with E-state index in [4.69, 9.17) is 11.6 Å². The molecule has 0 atom stereocenters. The summed E-state index contributed by atoms with van der Waals surface area (Å²) >= 11 is 5.75. The van der Waals surface area contributed by atoms with Crippen molar-refractivity contribution in [3.63, 3.8) is 0 Å². The van der Waals surface area contributed by atoms with Gasteiger partial charge in [0.05, 0.1) is 27.2 Å². The highest BCUT2D eigenvalue weighted by Crippen LogP contribution is 2.34. The van der Waals surface area contributed by atoms with Crippen LogP contribution in [-0.4, -0.2) is 33.9 Å². The summed E-state index contributed by atoms with van der Waals surface area (Å²) < 4.78 is 13.3. The van der Waals surface area contributed by atoms with Crippen molar-refractivity contribution in [3.05, 3.63) is 68.0 Å². The monoisotopic (exact) mass is 445 g/mol. The van der Waals surface area contributed by atoms with Crippen molar-refractivity contribution in [1.29, 1.82) is 0 Å². The molecule has 0 aliphatic carbocycles. The average Bonchev–Trinajstić information content (AvgIpc) is 2.76.